The standard InChI is InChI=1S/C15H17N3O/c1-18(2,3)13-9-10-14(15(19)11-13)17-16-12-7-5-4-6-8-12/h4-11H,1-3H3/p+1. The van der Waals surface area contributed by atoms with Crippen LogP contribution in [-0.2, 0) is 0 Å². The maximum absolute atomic E-state index is 9.97. The van der Waals surface area contributed by atoms with Gasteiger partial charge in [-0.1, -0.05) is 18.2 Å². The Morgan fingerprint density at radius 1 is 0.895 bits per heavy atom. The molecule has 4 nitrogen and oxygen atoms in total. The molecule has 0 amide bonds. The molecule has 2 aromatic rings. The minimum absolute atomic E-state index is 0.144. The number of hydrogen-bond donors (Lipinski definition) is 1. The number of azo groups is 1. The summed E-state index contributed by atoms with van der Waals surface area (Å²) >= 11 is 0. The number of phenolic OH excluding ortho intramolecular Hbond substituents is 1. The van der Waals surface area contributed by atoms with Gasteiger partial charge in [0, 0.05) is 12.1 Å². The third-order valence-electron chi connectivity index (χ3n) is 2.76. The van der Waals surface area contributed by atoms with E-state index in [1.165, 1.54) is 0 Å². The molecule has 4 heteroatoms. The van der Waals surface area contributed by atoms with Crippen molar-refractivity contribution >= 4 is 17.1 Å². The van der Waals surface area contributed by atoms with E-state index in [1.54, 1.807) is 12.1 Å². The molecule has 0 atom stereocenters. The van der Waals surface area contributed by atoms with Gasteiger partial charge in [0.25, 0.3) is 0 Å². The summed E-state index contributed by atoms with van der Waals surface area (Å²) in [6, 6.07) is 14.9. The molecule has 0 spiro atoms. The molecule has 0 unspecified atom stereocenters. The zero-order chi connectivity index (χ0) is 13.9. The average Bonchev–Trinajstić information content (AvgIpc) is 2.37. The first-order valence-electron chi connectivity index (χ1n) is 6.08. The first-order valence-corrected chi connectivity index (χ1v) is 6.08. The Balaban J connectivity index is 2.25. The topological polar surface area (TPSA) is 45.0 Å². The molecule has 19 heavy (non-hydrogen) atoms. The van der Waals surface area contributed by atoms with E-state index in [4.69, 9.17) is 0 Å². The lowest BCUT2D eigenvalue weighted by Crippen LogP contribution is -2.34. The van der Waals surface area contributed by atoms with Crippen LogP contribution < -0.4 is 4.48 Å². The molecule has 2 rings (SSSR count). The van der Waals surface area contributed by atoms with E-state index in [2.05, 4.69) is 10.2 Å². The molecule has 0 aliphatic heterocycles. The van der Waals surface area contributed by atoms with E-state index in [0.717, 1.165) is 11.4 Å². The fourth-order valence-corrected chi connectivity index (χ4v) is 1.62. The van der Waals surface area contributed by atoms with Crippen molar-refractivity contribution in [2.45, 2.75) is 0 Å². The van der Waals surface area contributed by atoms with Crippen LogP contribution >= 0.6 is 0 Å². The van der Waals surface area contributed by atoms with Gasteiger partial charge >= 0.3 is 0 Å². The summed E-state index contributed by atoms with van der Waals surface area (Å²) in [4.78, 5) is 0. The number of benzene rings is 2. The van der Waals surface area contributed by atoms with Crippen molar-refractivity contribution in [1.82, 2.24) is 4.48 Å². The number of aromatic hydroxyl groups is 1. The van der Waals surface area contributed by atoms with Gasteiger partial charge in [-0.05, 0) is 18.2 Å². The highest BCUT2D eigenvalue weighted by molar-refractivity contribution is 5.59. The molecule has 0 aliphatic carbocycles. The zero-order valence-corrected chi connectivity index (χ0v) is 11.4. The lowest BCUT2D eigenvalue weighted by molar-refractivity contribution is 0.461. The highest BCUT2D eigenvalue weighted by atomic mass is 16.3. The summed E-state index contributed by atoms with van der Waals surface area (Å²) < 4.78 is 0.643. The summed E-state index contributed by atoms with van der Waals surface area (Å²) in [6.07, 6.45) is 0. The van der Waals surface area contributed by atoms with Crippen molar-refractivity contribution in [3.05, 3.63) is 48.5 Å². The van der Waals surface area contributed by atoms with Gasteiger partial charge < -0.3 is 5.11 Å². The van der Waals surface area contributed by atoms with E-state index in [-0.39, 0.29) is 5.75 Å². The minimum Gasteiger partial charge on any atom is -0.505 e. The van der Waals surface area contributed by atoms with Crippen LogP contribution in [-0.4, -0.2) is 26.2 Å². The first kappa shape index (κ1) is 13.2. The molecule has 2 aromatic carbocycles. The van der Waals surface area contributed by atoms with Crippen molar-refractivity contribution in [2.24, 2.45) is 10.2 Å². The van der Waals surface area contributed by atoms with E-state index in [0.29, 0.717) is 10.2 Å². The summed E-state index contributed by atoms with van der Waals surface area (Å²) in [5.41, 5.74) is 2.25. The Labute approximate surface area is 113 Å². The Bertz CT molecular complexity index is 586. The van der Waals surface area contributed by atoms with Gasteiger partial charge in [0.05, 0.1) is 26.8 Å². The minimum atomic E-state index is 0.144. The van der Waals surface area contributed by atoms with Crippen LogP contribution in [0, 0.1) is 0 Å². The summed E-state index contributed by atoms with van der Waals surface area (Å²) in [6.45, 7) is 0. The maximum Gasteiger partial charge on any atom is 0.149 e. The van der Waals surface area contributed by atoms with Crippen LogP contribution in [0.4, 0.5) is 17.1 Å². The third-order valence-corrected chi connectivity index (χ3v) is 2.76. The van der Waals surface area contributed by atoms with Gasteiger partial charge in [-0.25, -0.2) is 0 Å². The summed E-state index contributed by atoms with van der Waals surface area (Å²) in [5.74, 6) is 0.144. The molecule has 0 fully saturated rings. The molecule has 0 saturated carbocycles. The number of quaternary nitrogens is 1. The Kier molecular flexibility index (Phi) is 3.62. The molecule has 0 aliphatic rings. The molecule has 0 heterocycles. The third kappa shape index (κ3) is 3.39. The van der Waals surface area contributed by atoms with Crippen molar-refractivity contribution in [2.75, 3.05) is 21.1 Å². The summed E-state index contributed by atoms with van der Waals surface area (Å²) in [5, 5.41) is 18.1. The van der Waals surface area contributed by atoms with Crippen molar-refractivity contribution in [1.29, 1.82) is 0 Å². The van der Waals surface area contributed by atoms with Crippen molar-refractivity contribution in [3.8, 4) is 5.75 Å². The van der Waals surface area contributed by atoms with Gasteiger partial charge in [0.1, 0.15) is 17.1 Å². The van der Waals surface area contributed by atoms with E-state index in [9.17, 15) is 5.11 Å². The fraction of sp³-hybridized carbons (Fsp3) is 0.200. The van der Waals surface area contributed by atoms with Gasteiger partial charge in [-0.2, -0.15) is 5.11 Å². The van der Waals surface area contributed by atoms with Crippen LogP contribution in [0.25, 0.3) is 0 Å². The van der Waals surface area contributed by atoms with Gasteiger partial charge in [-0.15, -0.1) is 5.11 Å². The number of phenols is 1. The van der Waals surface area contributed by atoms with E-state index >= 15 is 0 Å². The fourth-order valence-electron chi connectivity index (χ4n) is 1.62. The van der Waals surface area contributed by atoms with Gasteiger partial charge in [0.2, 0.25) is 0 Å². The zero-order valence-electron chi connectivity index (χ0n) is 11.4. The van der Waals surface area contributed by atoms with Crippen LogP contribution in [0.3, 0.4) is 0 Å². The Hall–Kier alpha value is -2.20. The van der Waals surface area contributed by atoms with Crippen LogP contribution in [0.5, 0.6) is 5.75 Å². The number of nitrogens with zero attached hydrogens (tertiary/aromatic N) is 3. The van der Waals surface area contributed by atoms with Crippen LogP contribution in [0.2, 0.25) is 0 Å². The molecule has 0 saturated heterocycles. The molecular weight excluding hydrogens is 238 g/mol. The molecule has 0 aromatic heterocycles. The Morgan fingerprint density at radius 2 is 1.58 bits per heavy atom. The highest BCUT2D eigenvalue weighted by Crippen LogP contribution is 2.32. The lowest BCUT2D eigenvalue weighted by Gasteiger charge is -2.23. The summed E-state index contributed by atoms with van der Waals surface area (Å²) in [7, 11) is 6.12. The number of hydrogen-bond acceptors (Lipinski definition) is 3. The van der Waals surface area contributed by atoms with Crippen molar-refractivity contribution < 1.29 is 5.11 Å². The SMILES string of the molecule is C[N+](C)(C)c1ccc(N=Nc2ccccc2)c(O)c1. The second kappa shape index (κ2) is 5.20. The molecule has 0 radical (unpaired) electrons. The predicted octanol–water partition coefficient (Wildman–Crippen LogP) is 4.00. The van der Waals surface area contributed by atoms with E-state index in [1.807, 2.05) is 57.5 Å². The van der Waals surface area contributed by atoms with Gasteiger partial charge in [0.15, 0.2) is 0 Å². The largest absolute Gasteiger partial charge is 0.505 e. The molecule has 98 valence electrons. The second-order valence-electron chi connectivity index (χ2n) is 5.22. The van der Waals surface area contributed by atoms with Crippen LogP contribution in [0.15, 0.2) is 58.8 Å². The second-order valence-corrected chi connectivity index (χ2v) is 5.22. The molecule has 0 bridgehead atoms. The lowest BCUT2D eigenvalue weighted by atomic mass is 10.2. The maximum atomic E-state index is 9.97. The number of rotatable bonds is 3. The highest BCUT2D eigenvalue weighted by Gasteiger charge is 2.14. The first-order chi connectivity index (χ1) is 8.97. The van der Waals surface area contributed by atoms with Crippen LogP contribution in [0.1, 0.15) is 0 Å². The predicted molar refractivity (Wildman–Crippen MR) is 78.3 cm³/mol. The normalized spacial score (nSPS) is 11.9. The Morgan fingerprint density at radius 3 is 2.16 bits per heavy atom. The molecule has 1 N–H and O–H groups in total. The van der Waals surface area contributed by atoms with E-state index < -0.39 is 0 Å². The quantitative estimate of drug-likeness (QED) is 0.654. The average molecular weight is 256 g/mol. The molecular formula is C15H18N3O+. The van der Waals surface area contributed by atoms with Gasteiger partial charge in [-0.3, -0.25) is 4.48 Å². The van der Waals surface area contributed by atoms with Crippen molar-refractivity contribution in [3.63, 3.8) is 0 Å². The smallest absolute Gasteiger partial charge is 0.149 e. The monoisotopic (exact) mass is 256 g/mol.